The maximum absolute atomic E-state index is 13.6. The first-order chi connectivity index (χ1) is 11.1. The van der Waals surface area contributed by atoms with Crippen LogP contribution in [-0.2, 0) is 14.3 Å². The van der Waals surface area contributed by atoms with Gasteiger partial charge in [-0.15, -0.1) is 0 Å². The Balaban J connectivity index is 1.89. The Morgan fingerprint density at radius 3 is 2.74 bits per heavy atom. The number of benzene rings is 1. The third kappa shape index (κ3) is 3.22. The van der Waals surface area contributed by atoms with E-state index in [-0.39, 0.29) is 23.5 Å². The summed E-state index contributed by atoms with van der Waals surface area (Å²) in [6.07, 6.45) is 0.851. The predicted octanol–water partition coefficient (Wildman–Crippen LogP) is 1.59. The van der Waals surface area contributed by atoms with Crippen LogP contribution in [0.4, 0.5) is 4.39 Å². The smallest absolute Gasteiger partial charge is 0.228 e. The third-order valence-corrected chi connectivity index (χ3v) is 4.69. The molecule has 2 aliphatic heterocycles. The van der Waals surface area contributed by atoms with Crippen molar-refractivity contribution < 1.29 is 18.7 Å². The van der Waals surface area contributed by atoms with Gasteiger partial charge in [-0.1, -0.05) is 12.1 Å². The summed E-state index contributed by atoms with van der Waals surface area (Å²) in [5.74, 6) is -0.670. The summed E-state index contributed by atoms with van der Waals surface area (Å²) < 4.78 is 18.9. The molecule has 124 valence electrons. The van der Waals surface area contributed by atoms with Gasteiger partial charge in [-0.2, -0.15) is 0 Å². The average Bonchev–Trinajstić information content (AvgIpc) is 2.57. The molecule has 0 saturated carbocycles. The molecule has 3 rings (SSSR count). The van der Waals surface area contributed by atoms with Crippen LogP contribution in [0.25, 0.3) is 0 Å². The fourth-order valence-corrected chi connectivity index (χ4v) is 3.46. The highest BCUT2D eigenvalue weighted by Gasteiger charge is 2.40. The van der Waals surface area contributed by atoms with Crippen LogP contribution in [0.2, 0.25) is 0 Å². The minimum absolute atomic E-state index is 0.00899. The highest BCUT2D eigenvalue weighted by atomic mass is 19.1. The number of likely N-dealkylation sites (tertiary alicyclic amines) is 1. The molecule has 0 aromatic heterocycles. The van der Waals surface area contributed by atoms with Gasteiger partial charge in [-0.05, 0) is 24.1 Å². The van der Waals surface area contributed by atoms with Gasteiger partial charge < -0.3 is 14.5 Å². The monoisotopic (exact) mass is 320 g/mol. The van der Waals surface area contributed by atoms with Gasteiger partial charge in [-0.3, -0.25) is 9.59 Å². The van der Waals surface area contributed by atoms with Crippen molar-refractivity contribution in [1.82, 2.24) is 9.80 Å². The number of carbonyl (C=O) groups excluding carboxylic acids is 2. The first-order valence-corrected chi connectivity index (χ1v) is 7.95. The molecule has 23 heavy (non-hydrogen) atoms. The molecule has 2 fully saturated rings. The number of hydrogen-bond donors (Lipinski definition) is 0. The van der Waals surface area contributed by atoms with Crippen molar-refractivity contribution in [3.05, 3.63) is 35.6 Å². The SMILES string of the molecule is CN1C(=O)CC[C@@H](C(=O)N2CCOCC2)[C@@H]1c1cccc(F)c1. The minimum atomic E-state index is -0.415. The number of piperidine rings is 1. The van der Waals surface area contributed by atoms with Crippen molar-refractivity contribution in [1.29, 1.82) is 0 Å². The highest BCUT2D eigenvalue weighted by molar-refractivity contribution is 5.85. The van der Waals surface area contributed by atoms with E-state index in [1.54, 1.807) is 29.0 Å². The molecule has 6 heteroatoms. The van der Waals surface area contributed by atoms with Crippen LogP contribution in [0.5, 0.6) is 0 Å². The Bertz CT molecular complexity index is 601. The molecule has 2 saturated heterocycles. The lowest BCUT2D eigenvalue weighted by Gasteiger charge is -2.41. The molecule has 2 amide bonds. The van der Waals surface area contributed by atoms with Crippen LogP contribution in [-0.4, -0.2) is 55.0 Å². The van der Waals surface area contributed by atoms with Crippen LogP contribution >= 0.6 is 0 Å². The van der Waals surface area contributed by atoms with Crippen molar-refractivity contribution in [3.63, 3.8) is 0 Å². The summed E-state index contributed by atoms with van der Waals surface area (Å²) in [6.45, 7) is 2.22. The zero-order valence-corrected chi connectivity index (χ0v) is 13.2. The molecule has 1 aromatic carbocycles. The Hall–Kier alpha value is -1.95. The minimum Gasteiger partial charge on any atom is -0.378 e. The maximum Gasteiger partial charge on any atom is 0.228 e. The number of halogens is 1. The number of ether oxygens (including phenoxy) is 1. The van der Waals surface area contributed by atoms with Crippen LogP contribution in [0.3, 0.4) is 0 Å². The van der Waals surface area contributed by atoms with Crippen LogP contribution < -0.4 is 0 Å². The van der Waals surface area contributed by atoms with Crippen molar-refractivity contribution in [3.8, 4) is 0 Å². The van der Waals surface area contributed by atoms with Gasteiger partial charge >= 0.3 is 0 Å². The molecular weight excluding hydrogens is 299 g/mol. The average molecular weight is 320 g/mol. The summed E-state index contributed by atoms with van der Waals surface area (Å²) in [5, 5.41) is 0. The summed E-state index contributed by atoms with van der Waals surface area (Å²) in [7, 11) is 1.69. The standard InChI is InChI=1S/C17H21FN2O3/c1-19-15(21)6-5-14(17(22)20-7-9-23-10-8-20)16(19)12-3-2-4-13(18)11-12/h2-4,11,14,16H,5-10H2,1H3/t14-,16+/m1/s1. The number of rotatable bonds is 2. The lowest BCUT2D eigenvalue weighted by atomic mass is 9.83. The number of morpholine rings is 1. The molecule has 2 atom stereocenters. The summed E-state index contributed by atoms with van der Waals surface area (Å²) in [6, 6.07) is 5.77. The summed E-state index contributed by atoms with van der Waals surface area (Å²) in [5.41, 5.74) is 0.673. The number of carbonyl (C=O) groups is 2. The first-order valence-electron chi connectivity index (χ1n) is 7.95. The van der Waals surface area contributed by atoms with E-state index in [2.05, 4.69) is 0 Å². The molecule has 2 heterocycles. The normalized spacial score (nSPS) is 25.6. The largest absolute Gasteiger partial charge is 0.378 e. The highest BCUT2D eigenvalue weighted by Crippen LogP contribution is 2.37. The molecule has 0 radical (unpaired) electrons. The topological polar surface area (TPSA) is 49.9 Å². The van der Waals surface area contributed by atoms with E-state index in [0.717, 1.165) is 0 Å². The number of amides is 2. The Kier molecular flexibility index (Phi) is 4.61. The van der Waals surface area contributed by atoms with Gasteiger partial charge in [0.2, 0.25) is 11.8 Å². The zero-order chi connectivity index (χ0) is 16.4. The second-order valence-electron chi connectivity index (χ2n) is 6.09. The van der Waals surface area contributed by atoms with Gasteiger partial charge in [0.15, 0.2) is 0 Å². The Labute approximate surface area is 135 Å². The van der Waals surface area contributed by atoms with Crippen LogP contribution in [0.15, 0.2) is 24.3 Å². The molecule has 5 nitrogen and oxygen atoms in total. The quantitative estimate of drug-likeness (QED) is 0.831. The fraction of sp³-hybridized carbons (Fsp3) is 0.529. The van der Waals surface area contributed by atoms with E-state index in [1.807, 2.05) is 0 Å². The molecule has 0 unspecified atom stereocenters. The van der Waals surface area contributed by atoms with E-state index in [0.29, 0.717) is 44.7 Å². The van der Waals surface area contributed by atoms with Crippen molar-refractivity contribution in [2.75, 3.05) is 33.4 Å². The zero-order valence-electron chi connectivity index (χ0n) is 13.2. The van der Waals surface area contributed by atoms with E-state index >= 15 is 0 Å². The van der Waals surface area contributed by atoms with Gasteiger partial charge in [-0.25, -0.2) is 4.39 Å². The Morgan fingerprint density at radius 1 is 1.30 bits per heavy atom. The predicted molar refractivity (Wildman–Crippen MR) is 82.0 cm³/mol. The number of hydrogen-bond acceptors (Lipinski definition) is 3. The van der Waals surface area contributed by atoms with Gasteiger partial charge in [0, 0.05) is 26.6 Å². The fourth-order valence-electron chi connectivity index (χ4n) is 3.46. The van der Waals surface area contributed by atoms with Crippen LogP contribution in [0, 0.1) is 11.7 Å². The van der Waals surface area contributed by atoms with E-state index in [4.69, 9.17) is 4.74 Å². The number of nitrogens with zero attached hydrogens (tertiary/aromatic N) is 2. The van der Waals surface area contributed by atoms with Crippen molar-refractivity contribution in [2.24, 2.45) is 5.92 Å². The van der Waals surface area contributed by atoms with Crippen molar-refractivity contribution >= 4 is 11.8 Å². The van der Waals surface area contributed by atoms with E-state index < -0.39 is 6.04 Å². The van der Waals surface area contributed by atoms with Gasteiger partial charge in [0.05, 0.1) is 25.2 Å². The molecular formula is C17H21FN2O3. The molecule has 0 bridgehead atoms. The van der Waals surface area contributed by atoms with Crippen LogP contribution in [0.1, 0.15) is 24.4 Å². The third-order valence-electron chi connectivity index (χ3n) is 4.69. The first kappa shape index (κ1) is 15.9. The lowest BCUT2D eigenvalue weighted by Crippen LogP contribution is -2.50. The molecule has 0 spiro atoms. The van der Waals surface area contributed by atoms with E-state index in [9.17, 15) is 14.0 Å². The lowest BCUT2D eigenvalue weighted by molar-refractivity contribution is -0.149. The second-order valence-corrected chi connectivity index (χ2v) is 6.09. The summed E-state index contributed by atoms with van der Waals surface area (Å²) >= 11 is 0. The van der Waals surface area contributed by atoms with E-state index in [1.165, 1.54) is 12.1 Å². The van der Waals surface area contributed by atoms with Crippen molar-refractivity contribution in [2.45, 2.75) is 18.9 Å². The molecule has 0 aliphatic carbocycles. The molecule has 2 aliphatic rings. The Morgan fingerprint density at radius 2 is 2.04 bits per heavy atom. The maximum atomic E-state index is 13.6. The summed E-state index contributed by atoms with van der Waals surface area (Å²) in [4.78, 5) is 28.4. The molecule has 0 N–H and O–H groups in total. The molecule has 1 aromatic rings. The second kappa shape index (κ2) is 6.66. The van der Waals surface area contributed by atoms with Gasteiger partial charge in [0.25, 0.3) is 0 Å². The van der Waals surface area contributed by atoms with Gasteiger partial charge in [0.1, 0.15) is 5.82 Å².